The molecular weight excluding hydrogens is 1600 g/mol. The quantitative estimate of drug-likeness (QED) is 0.0212. The Balaban J connectivity index is 1.28. The second-order valence-corrected chi connectivity index (χ2v) is 32.8. The first-order valence-electron chi connectivity index (χ1n) is 43.6. The van der Waals surface area contributed by atoms with E-state index in [1.54, 1.807) is 6.08 Å². The Kier molecular flexibility index (Phi) is 48.0. The molecular formula is C81H144N4O36. The normalized spacial score (nSPS) is 35.8. The van der Waals surface area contributed by atoms with Gasteiger partial charge in [-0.15, -0.1) is 0 Å². The Morgan fingerprint density at radius 2 is 0.835 bits per heavy atom. The Morgan fingerprint density at radius 3 is 1.33 bits per heavy atom. The van der Waals surface area contributed by atoms with Gasteiger partial charge in [0.25, 0.3) is 5.79 Å². The zero-order valence-electron chi connectivity index (χ0n) is 70.5. The lowest BCUT2D eigenvalue weighted by Crippen LogP contribution is -2.72. The van der Waals surface area contributed by atoms with Gasteiger partial charge in [0.05, 0.1) is 70.5 Å². The number of nitrogens with one attached hydrogen (secondary N) is 4. The molecule has 0 spiro atoms. The van der Waals surface area contributed by atoms with Crippen molar-refractivity contribution in [2.24, 2.45) is 0 Å². The summed E-state index contributed by atoms with van der Waals surface area (Å²) >= 11 is 0. The molecule has 6 heterocycles. The van der Waals surface area contributed by atoms with Crippen molar-refractivity contribution in [1.82, 2.24) is 21.3 Å². The third kappa shape index (κ3) is 31.7. The van der Waals surface area contributed by atoms with E-state index >= 15 is 0 Å². The molecule has 0 aliphatic carbocycles. The van der Waals surface area contributed by atoms with Gasteiger partial charge in [-0.2, -0.15) is 0 Å². The van der Waals surface area contributed by atoms with Crippen molar-refractivity contribution in [2.75, 3.05) is 46.2 Å². The van der Waals surface area contributed by atoms with Gasteiger partial charge in [0.15, 0.2) is 31.5 Å². The number of aliphatic hydroxyl groups excluding tert-OH is 18. The van der Waals surface area contributed by atoms with Gasteiger partial charge >= 0.3 is 5.97 Å². The van der Waals surface area contributed by atoms with Gasteiger partial charge in [0, 0.05) is 33.6 Å². The lowest BCUT2D eigenvalue weighted by atomic mass is 9.88. The summed E-state index contributed by atoms with van der Waals surface area (Å²) in [6, 6.07) is -6.70. The van der Waals surface area contributed by atoms with Crippen molar-refractivity contribution in [3.8, 4) is 0 Å². The Hall–Kier alpha value is -4.11. The Labute approximate surface area is 707 Å². The van der Waals surface area contributed by atoms with Gasteiger partial charge in [0.2, 0.25) is 23.6 Å². The molecule has 33 atom stereocenters. The minimum atomic E-state index is -3.45. The van der Waals surface area contributed by atoms with E-state index in [0.717, 1.165) is 85.0 Å². The van der Waals surface area contributed by atoms with Crippen LogP contribution in [0.5, 0.6) is 0 Å². The number of carboxylic acids is 1. The molecule has 6 fully saturated rings. The third-order valence-corrected chi connectivity index (χ3v) is 23.1. The molecule has 12 unspecified atom stereocenters. The number of carbonyl (C=O) groups excluding carboxylic acids is 4. The summed E-state index contributed by atoms with van der Waals surface area (Å²) < 4.78 is 72.6. The van der Waals surface area contributed by atoms with E-state index in [9.17, 15) is 121 Å². The first kappa shape index (κ1) is 106. The number of hydrogen-bond donors (Lipinski definition) is 23. The Morgan fingerprint density at radius 1 is 0.430 bits per heavy atom. The van der Waals surface area contributed by atoms with E-state index in [1.165, 1.54) is 102 Å². The molecule has 0 aromatic rings. The van der Waals surface area contributed by atoms with Crippen LogP contribution in [-0.4, -0.2) is 375 Å². The summed E-state index contributed by atoms with van der Waals surface area (Å²) in [5.74, 6) is -8.75. The minimum absolute atomic E-state index is 0.112. The molecule has 40 nitrogen and oxygen atoms in total. The highest BCUT2D eigenvalue weighted by Gasteiger charge is 2.63. The van der Waals surface area contributed by atoms with Crippen molar-refractivity contribution in [3.63, 3.8) is 0 Å². The van der Waals surface area contributed by atoms with Crippen LogP contribution in [0.3, 0.4) is 0 Å². The number of aliphatic carboxylic acids is 1. The monoisotopic (exact) mass is 1750 g/mol. The summed E-state index contributed by atoms with van der Waals surface area (Å²) in [7, 11) is 0. The predicted octanol–water partition coefficient (Wildman–Crippen LogP) is -3.07. The highest BCUT2D eigenvalue weighted by Crippen LogP contribution is 2.42. The van der Waals surface area contributed by atoms with Gasteiger partial charge in [0.1, 0.15) is 140 Å². The maximum atomic E-state index is 14.0. The lowest BCUT2D eigenvalue weighted by Gasteiger charge is -2.53. The molecule has 704 valence electrons. The molecule has 6 rings (SSSR count). The van der Waals surface area contributed by atoms with Crippen LogP contribution in [0, 0.1) is 0 Å². The average Bonchev–Trinajstić information content (AvgIpc) is 0.743. The minimum Gasteiger partial charge on any atom is -0.477 e. The highest BCUT2D eigenvalue weighted by atomic mass is 16.8. The SMILES string of the molecule is CCCCCCCCCCCCC/C=C/[C@@H](O)[C@H](CO[C@@H]1OC(CO)[C@@H](O[C@@H]2OC(CO)[C@H](O[C@@H]3OC(CO)[C@H](O)[C@H](O[C@@H]4OC(CO)[C@H](O)[C@H](O[C@@H]5OC(CO)[C@H](O)[C@H](O)C5NC(C)=O)C4O)C3NC(C)=O)[C@H](O[C@]3(C(=O)O)CC(O)[C@@H](NC(C)=O)C([C@H](O)[C@H](O)CO)O3)C2O)[C@H](O)C1O)NC(=O)CCCCCCCCCCCCCCCCC. The number of unbranched alkanes of at least 4 members (excludes halogenated alkanes) is 25. The van der Waals surface area contributed by atoms with E-state index in [4.69, 9.17) is 56.8 Å². The summed E-state index contributed by atoms with van der Waals surface area (Å²) in [6.07, 6.45) is -26.8. The smallest absolute Gasteiger partial charge is 0.364 e. The fourth-order valence-electron chi connectivity index (χ4n) is 16.2. The predicted molar refractivity (Wildman–Crippen MR) is 423 cm³/mol. The fraction of sp³-hybridized carbons (Fsp3) is 0.914. The van der Waals surface area contributed by atoms with Crippen LogP contribution in [0.4, 0.5) is 0 Å². The van der Waals surface area contributed by atoms with Gasteiger partial charge in [-0.1, -0.05) is 180 Å². The van der Waals surface area contributed by atoms with E-state index in [0.29, 0.717) is 12.8 Å². The maximum absolute atomic E-state index is 14.0. The summed E-state index contributed by atoms with van der Waals surface area (Å²) in [6.45, 7) is -0.0777. The van der Waals surface area contributed by atoms with Crippen LogP contribution in [0.2, 0.25) is 0 Å². The van der Waals surface area contributed by atoms with Crippen molar-refractivity contribution in [3.05, 3.63) is 12.2 Å². The number of carboxylic acid groups (broad SMARTS) is 1. The topological polar surface area (TPSA) is 629 Å². The number of aliphatic hydroxyl groups is 18. The molecule has 6 saturated heterocycles. The third-order valence-electron chi connectivity index (χ3n) is 23.1. The fourth-order valence-corrected chi connectivity index (χ4v) is 16.2. The van der Waals surface area contributed by atoms with Gasteiger partial charge < -0.3 is 175 Å². The molecule has 121 heavy (non-hydrogen) atoms. The molecule has 0 saturated carbocycles. The van der Waals surface area contributed by atoms with Gasteiger partial charge in [-0.3, -0.25) is 19.2 Å². The van der Waals surface area contributed by atoms with Crippen LogP contribution in [0.1, 0.15) is 221 Å². The summed E-state index contributed by atoms with van der Waals surface area (Å²) in [4.78, 5) is 66.1. The molecule has 23 N–H and O–H groups in total. The number of amides is 4. The zero-order valence-corrected chi connectivity index (χ0v) is 70.5. The molecule has 0 radical (unpaired) electrons. The van der Waals surface area contributed by atoms with Crippen molar-refractivity contribution >= 4 is 29.6 Å². The standard InChI is InChI=1S/C81H144N4O36/c1-6-8-10-12-14-16-18-20-21-23-25-27-29-31-33-35-56(98)85-47(48(95)34-32-30-28-26-24-22-19-17-15-13-11-9-7-2)43-110-77-66(105)65(104)69(54(41-90)114-77)116-79-68(107)74(121-81(80(108)109)36-49(96)57(82-44(3)92)72(120-81)60(99)50(97)37-86)70(55(42-91)115-79)117-76-59(84-46(5)94)71(62(101)52(39-88)112-76)118-78-67(106)73(63(102)53(40-89)113-78)119-75-58(83-45(4)93)64(103)61(100)51(38-87)111-75/h32,34,47-55,57-79,86-91,95-97,99-107H,6-31,33,35-43H2,1-5H3,(H,82,92)(H,83,93)(H,84,94)(H,85,98)(H,108,109)/b34-32+/t47-,48+,49?,50+,51?,52?,53?,54?,55?,57+,58?,59?,60+,61-,62-,63-,64+,65+,66?,67?,68?,69+,70-,71+,72?,73-,74+,75-,76-,77+,78-,79-,81-/m0/s1. The van der Waals surface area contributed by atoms with E-state index in [2.05, 4.69) is 35.1 Å². The van der Waals surface area contributed by atoms with Crippen LogP contribution < -0.4 is 21.3 Å². The summed E-state index contributed by atoms with van der Waals surface area (Å²) in [5.41, 5.74) is 0. The largest absolute Gasteiger partial charge is 0.477 e. The van der Waals surface area contributed by atoms with Crippen LogP contribution in [0.25, 0.3) is 0 Å². The van der Waals surface area contributed by atoms with Crippen molar-refractivity contribution in [1.29, 1.82) is 0 Å². The van der Waals surface area contributed by atoms with Gasteiger partial charge in [-0.25, -0.2) is 4.79 Å². The molecule has 0 aromatic heterocycles. The molecule has 40 heteroatoms. The van der Waals surface area contributed by atoms with Crippen LogP contribution >= 0.6 is 0 Å². The molecule has 0 aromatic carbocycles. The molecule has 0 bridgehead atoms. The highest BCUT2D eigenvalue weighted by molar-refractivity contribution is 5.77. The maximum Gasteiger partial charge on any atom is 0.364 e. The average molecular weight is 1750 g/mol. The van der Waals surface area contributed by atoms with Crippen molar-refractivity contribution < 1.29 is 178 Å². The first-order valence-corrected chi connectivity index (χ1v) is 43.6. The number of ether oxygens (including phenoxy) is 12. The first-order chi connectivity index (χ1) is 57.9. The number of allylic oxidation sites excluding steroid dienone is 1. The van der Waals surface area contributed by atoms with E-state index in [1.807, 2.05) is 0 Å². The molecule has 6 aliphatic heterocycles. The number of carbonyl (C=O) groups is 5. The number of hydrogen-bond acceptors (Lipinski definition) is 35. The number of rotatable bonds is 56. The Bertz CT molecular complexity index is 2960. The zero-order chi connectivity index (χ0) is 89.0. The lowest BCUT2D eigenvalue weighted by molar-refractivity contribution is -0.404. The van der Waals surface area contributed by atoms with Crippen molar-refractivity contribution in [2.45, 2.75) is 423 Å². The molecule has 6 aliphatic rings. The van der Waals surface area contributed by atoms with E-state index in [-0.39, 0.29) is 6.42 Å². The van der Waals surface area contributed by atoms with Crippen LogP contribution in [-0.2, 0) is 80.8 Å². The summed E-state index contributed by atoms with van der Waals surface area (Å²) in [5, 5.41) is 225. The van der Waals surface area contributed by atoms with Crippen LogP contribution in [0.15, 0.2) is 12.2 Å². The molecule has 4 amide bonds. The second kappa shape index (κ2) is 54.9. The second-order valence-electron chi connectivity index (χ2n) is 32.8. The van der Waals surface area contributed by atoms with E-state index < -0.39 is 284 Å². The van der Waals surface area contributed by atoms with Gasteiger partial charge in [-0.05, 0) is 19.3 Å².